The minimum Gasteiger partial charge on any atom is -0.396 e. The maximum atomic E-state index is 8.84. The number of ether oxygens (including phenoxy) is 1. The van der Waals surface area contributed by atoms with E-state index in [0.717, 1.165) is 39.1 Å². The highest BCUT2D eigenvalue weighted by molar-refractivity contribution is 5.32. The number of morpholine rings is 1. The van der Waals surface area contributed by atoms with Gasteiger partial charge in [0.1, 0.15) is 0 Å². The Kier molecular flexibility index (Phi) is 5.37. The molecule has 1 N–H and O–H groups in total. The molecule has 1 saturated heterocycles. The molecule has 1 aromatic carbocycles. The Labute approximate surface area is 116 Å². The van der Waals surface area contributed by atoms with Crippen molar-refractivity contribution in [3.05, 3.63) is 34.9 Å². The van der Waals surface area contributed by atoms with Gasteiger partial charge < -0.3 is 9.84 Å². The number of hydrogen-bond acceptors (Lipinski definition) is 3. The van der Waals surface area contributed by atoms with Gasteiger partial charge in [0.05, 0.1) is 12.7 Å². The van der Waals surface area contributed by atoms with Crippen LogP contribution in [-0.4, -0.2) is 42.9 Å². The van der Waals surface area contributed by atoms with Crippen LogP contribution in [0.3, 0.4) is 0 Å². The van der Waals surface area contributed by atoms with E-state index in [-0.39, 0.29) is 6.10 Å². The lowest BCUT2D eigenvalue weighted by Crippen LogP contribution is -2.39. The SMILES string of the molecule is Cc1ccc(C2CN(CCCCO)CCO2)c(C)c1. The predicted octanol–water partition coefficient (Wildman–Crippen LogP) is 2.45. The van der Waals surface area contributed by atoms with Crippen molar-refractivity contribution in [1.29, 1.82) is 0 Å². The molecule has 3 heteroatoms. The van der Waals surface area contributed by atoms with Gasteiger partial charge in [-0.15, -0.1) is 0 Å². The first-order valence-corrected chi connectivity index (χ1v) is 7.22. The molecule has 0 aliphatic carbocycles. The molecular weight excluding hydrogens is 238 g/mol. The van der Waals surface area contributed by atoms with Crippen LogP contribution in [0.4, 0.5) is 0 Å². The van der Waals surface area contributed by atoms with Crippen LogP contribution in [0.1, 0.15) is 35.6 Å². The van der Waals surface area contributed by atoms with Crippen molar-refractivity contribution in [3.8, 4) is 0 Å². The van der Waals surface area contributed by atoms with Crippen molar-refractivity contribution in [2.75, 3.05) is 32.8 Å². The highest BCUT2D eigenvalue weighted by Crippen LogP contribution is 2.25. The molecule has 1 heterocycles. The first-order valence-electron chi connectivity index (χ1n) is 7.22. The first kappa shape index (κ1) is 14.5. The third kappa shape index (κ3) is 4.03. The second-order valence-corrected chi connectivity index (χ2v) is 5.45. The van der Waals surface area contributed by atoms with E-state index in [4.69, 9.17) is 9.84 Å². The number of unbranched alkanes of at least 4 members (excludes halogenated alkanes) is 1. The fraction of sp³-hybridized carbons (Fsp3) is 0.625. The molecule has 1 aliphatic rings. The maximum Gasteiger partial charge on any atom is 0.0954 e. The summed E-state index contributed by atoms with van der Waals surface area (Å²) in [6, 6.07) is 6.59. The summed E-state index contributed by atoms with van der Waals surface area (Å²) >= 11 is 0. The molecule has 3 nitrogen and oxygen atoms in total. The monoisotopic (exact) mass is 263 g/mol. The van der Waals surface area contributed by atoms with Crippen LogP contribution in [0.5, 0.6) is 0 Å². The number of aliphatic hydroxyl groups is 1. The van der Waals surface area contributed by atoms with Gasteiger partial charge in [0, 0.05) is 19.7 Å². The second kappa shape index (κ2) is 7.04. The third-order valence-corrected chi connectivity index (χ3v) is 3.81. The number of aryl methyl sites for hydroxylation is 2. The van der Waals surface area contributed by atoms with Crippen molar-refractivity contribution in [2.24, 2.45) is 0 Å². The summed E-state index contributed by atoms with van der Waals surface area (Å²) in [5.74, 6) is 0. The number of hydrogen-bond donors (Lipinski definition) is 1. The van der Waals surface area contributed by atoms with E-state index in [1.165, 1.54) is 16.7 Å². The predicted molar refractivity (Wildman–Crippen MR) is 77.4 cm³/mol. The second-order valence-electron chi connectivity index (χ2n) is 5.45. The van der Waals surface area contributed by atoms with Gasteiger partial charge in [-0.2, -0.15) is 0 Å². The molecule has 0 radical (unpaired) electrons. The third-order valence-electron chi connectivity index (χ3n) is 3.81. The molecule has 19 heavy (non-hydrogen) atoms. The summed E-state index contributed by atoms with van der Waals surface area (Å²) in [6.07, 6.45) is 2.16. The number of nitrogens with zero attached hydrogens (tertiary/aromatic N) is 1. The Morgan fingerprint density at radius 3 is 2.89 bits per heavy atom. The van der Waals surface area contributed by atoms with Crippen LogP contribution in [-0.2, 0) is 4.74 Å². The van der Waals surface area contributed by atoms with Crippen molar-refractivity contribution >= 4 is 0 Å². The summed E-state index contributed by atoms with van der Waals surface area (Å²) in [5, 5.41) is 8.84. The van der Waals surface area contributed by atoms with Crippen LogP contribution >= 0.6 is 0 Å². The Morgan fingerprint density at radius 1 is 1.32 bits per heavy atom. The normalized spacial score (nSPS) is 20.7. The Balaban J connectivity index is 1.96. The quantitative estimate of drug-likeness (QED) is 0.828. The topological polar surface area (TPSA) is 32.7 Å². The lowest BCUT2D eigenvalue weighted by molar-refractivity contribution is -0.0308. The van der Waals surface area contributed by atoms with Crippen LogP contribution in [0, 0.1) is 13.8 Å². The number of aliphatic hydroxyl groups excluding tert-OH is 1. The van der Waals surface area contributed by atoms with Crippen molar-refractivity contribution in [2.45, 2.75) is 32.8 Å². The van der Waals surface area contributed by atoms with Crippen LogP contribution in [0.15, 0.2) is 18.2 Å². The smallest absolute Gasteiger partial charge is 0.0954 e. The van der Waals surface area contributed by atoms with E-state index in [1.807, 2.05) is 0 Å². The largest absolute Gasteiger partial charge is 0.396 e. The molecule has 2 rings (SSSR count). The van der Waals surface area contributed by atoms with E-state index in [0.29, 0.717) is 6.61 Å². The first-order chi connectivity index (χ1) is 9.20. The summed E-state index contributed by atoms with van der Waals surface area (Å²) in [4.78, 5) is 2.45. The standard InChI is InChI=1S/C16H25NO2/c1-13-5-6-15(14(2)11-13)16-12-17(8-10-19-16)7-3-4-9-18/h5-6,11,16,18H,3-4,7-10,12H2,1-2H3. The Hall–Kier alpha value is -0.900. The highest BCUT2D eigenvalue weighted by Gasteiger charge is 2.22. The van der Waals surface area contributed by atoms with Gasteiger partial charge in [-0.25, -0.2) is 0 Å². The molecular formula is C16H25NO2. The Morgan fingerprint density at radius 2 is 2.16 bits per heavy atom. The molecule has 1 unspecified atom stereocenters. The molecule has 106 valence electrons. The lowest BCUT2D eigenvalue weighted by Gasteiger charge is -2.33. The fourth-order valence-electron chi connectivity index (χ4n) is 2.73. The molecule has 0 bridgehead atoms. The maximum absolute atomic E-state index is 8.84. The average molecular weight is 263 g/mol. The zero-order valence-corrected chi connectivity index (χ0v) is 12.1. The zero-order valence-electron chi connectivity index (χ0n) is 12.1. The van der Waals surface area contributed by atoms with E-state index in [1.54, 1.807) is 0 Å². The highest BCUT2D eigenvalue weighted by atomic mass is 16.5. The summed E-state index contributed by atoms with van der Waals surface area (Å²) < 4.78 is 5.93. The summed E-state index contributed by atoms with van der Waals surface area (Å²) in [6.45, 7) is 8.42. The molecule has 0 spiro atoms. The average Bonchev–Trinajstić information content (AvgIpc) is 2.39. The minimum absolute atomic E-state index is 0.198. The molecule has 1 aliphatic heterocycles. The van der Waals surface area contributed by atoms with Crippen molar-refractivity contribution in [1.82, 2.24) is 4.90 Å². The lowest BCUT2D eigenvalue weighted by atomic mass is 10.00. The Bertz CT molecular complexity index is 406. The molecule has 0 saturated carbocycles. The van der Waals surface area contributed by atoms with Gasteiger partial charge >= 0.3 is 0 Å². The van der Waals surface area contributed by atoms with Gasteiger partial charge in [-0.1, -0.05) is 23.8 Å². The van der Waals surface area contributed by atoms with Crippen LogP contribution in [0.2, 0.25) is 0 Å². The fourth-order valence-corrected chi connectivity index (χ4v) is 2.73. The van der Waals surface area contributed by atoms with E-state index >= 15 is 0 Å². The molecule has 1 atom stereocenters. The summed E-state index contributed by atoms with van der Waals surface area (Å²) in [5.41, 5.74) is 3.94. The van der Waals surface area contributed by atoms with Crippen LogP contribution < -0.4 is 0 Å². The van der Waals surface area contributed by atoms with Gasteiger partial charge in [-0.3, -0.25) is 4.90 Å². The zero-order chi connectivity index (χ0) is 13.7. The van der Waals surface area contributed by atoms with Gasteiger partial charge in [0.15, 0.2) is 0 Å². The van der Waals surface area contributed by atoms with Crippen molar-refractivity contribution < 1.29 is 9.84 Å². The summed E-state index contributed by atoms with van der Waals surface area (Å²) in [7, 11) is 0. The number of benzene rings is 1. The molecule has 1 aromatic rings. The van der Waals surface area contributed by atoms with E-state index in [9.17, 15) is 0 Å². The van der Waals surface area contributed by atoms with E-state index in [2.05, 4.69) is 36.9 Å². The van der Waals surface area contributed by atoms with Gasteiger partial charge in [0.2, 0.25) is 0 Å². The van der Waals surface area contributed by atoms with Crippen LogP contribution in [0.25, 0.3) is 0 Å². The number of rotatable bonds is 5. The molecule has 0 aromatic heterocycles. The molecule has 0 amide bonds. The van der Waals surface area contributed by atoms with Gasteiger partial charge in [0.25, 0.3) is 0 Å². The molecule has 1 fully saturated rings. The van der Waals surface area contributed by atoms with Crippen molar-refractivity contribution in [3.63, 3.8) is 0 Å². The van der Waals surface area contributed by atoms with E-state index < -0.39 is 0 Å². The minimum atomic E-state index is 0.198. The van der Waals surface area contributed by atoms with Gasteiger partial charge in [-0.05, 0) is 44.4 Å².